The van der Waals surface area contributed by atoms with Crippen molar-refractivity contribution in [3.05, 3.63) is 64.4 Å². The summed E-state index contributed by atoms with van der Waals surface area (Å²) in [5.41, 5.74) is 1.45. The number of carbonyl (C=O) groups excluding carboxylic acids is 2. The van der Waals surface area contributed by atoms with Gasteiger partial charge in [-0.05, 0) is 78.2 Å². The van der Waals surface area contributed by atoms with Gasteiger partial charge in [0.15, 0.2) is 0 Å². The number of nitrogens with one attached hydrogen (secondary N) is 1. The molecule has 5 rings (SSSR count). The van der Waals surface area contributed by atoms with E-state index in [0.29, 0.717) is 6.54 Å². The maximum Gasteiger partial charge on any atom is 0.325 e. The first-order chi connectivity index (χ1) is 16.0. The zero-order valence-corrected chi connectivity index (χ0v) is 19.9. The molecule has 0 radical (unpaired) electrons. The Kier molecular flexibility index (Phi) is 5.85. The molecule has 7 heteroatoms. The highest BCUT2D eigenvalue weighted by molar-refractivity contribution is 7.07. The molecule has 1 N–H and O–H groups in total. The number of nitrogens with zero attached hydrogens (tertiary/aromatic N) is 2. The lowest BCUT2D eigenvalue weighted by atomic mass is 9.78. The van der Waals surface area contributed by atoms with Crippen LogP contribution in [0.2, 0.25) is 0 Å². The van der Waals surface area contributed by atoms with E-state index in [4.69, 9.17) is 4.74 Å². The molecule has 33 heavy (non-hydrogen) atoms. The van der Waals surface area contributed by atoms with Crippen molar-refractivity contribution in [3.63, 3.8) is 0 Å². The lowest BCUT2D eigenvalue weighted by Gasteiger charge is -2.39. The summed E-state index contributed by atoms with van der Waals surface area (Å²) in [6, 6.07) is 14.2. The normalized spacial score (nSPS) is 22.2. The number of methoxy groups -OCH3 is 1. The summed E-state index contributed by atoms with van der Waals surface area (Å²) in [6.45, 7) is 4.90. The fourth-order valence-corrected chi connectivity index (χ4v) is 5.92. The van der Waals surface area contributed by atoms with Gasteiger partial charge in [0.05, 0.1) is 13.7 Å². The number of hydrogen-bond donors (Lipinski definition) is 1. The molecule has 2 aliphatic heterocycles. The first-order valence-electron chi connectivity index (χ1n) is 11.4. The summed E-state index contributed by atoms with van der Waals surface area (Å²) < 4.78 is 5.53. The Balaban J connectivity index is 1.26. The number of fused-ring (bicyclic) bond motifs is 1. The minimum atomic E-state index is -0.827. The topological polar surface area (TPSA) is 61.9 Å². The maximum absolute atomic E-state index is 13.3. The van der Waals surface area contributed by atoms with Gasteiger partial charge >= 0.3 is 6.03 Å². The van der Waals surface area contributed by atoms with Crippen LogP contribution < -0.4 is 10.1 Å². The Bertz CT molecular complexity index is 1170. The van der Waals surface area contributed by atoms with Crippen molar-refractivity contribution >= 4 is 34.0 Å². The highest BCUT2D eigenvalue weighted by Crippen LogP contribution is 2.35. The number of amides is 3. The number of ether oxygens (including phenoxy) is 1. The first-order valence-corrected chi connectivity index (χ1v) is 12.4. The highest BCUT2D eigenvalue weighted by Gasteiger charge is 2.52. The van der Waals surface area contributed by atoms with Crippen molar-refractivity contribution in [2.24, 2.45) is 5.92 Å². The SMILES string of the molecule is COc1ccc(CN2CCC(C3(C)NC(=O)N(Cc4ccsc4)C3=O)CC2)c2ccccc12. The number of carbonyl (C=O) groups is 2. The molecule has 1 unspecified atom stereocenters. The molecule has 3 aromatic rings. The Morgan fingerprint density at radius 3 is 2.52 bits per heavy atom. The van der Waals surface area contributed by atoms with E-state index in [2.05, 4.69) is 34.5 Å². The van der Waals surface area contributed by atoms with Gasteiger partial charge in [-0.15, -0.1) is 0 Å². The quantitative estimate of drug-likeness (QED) is 0.542. The number of piperidine rings is 1. The highest BCUT2D eigenvalue weighted by atomic mass is 32.1. The number of likely N-dealkylation sites (tertiary alicyclic amines) is 1. The molecule has 172 valence electrons. The smallest absolute Gasteiger partial charge is 0.325 e. The van der Waals surface area contributed by atoms with Crippen LogP contribution in [0, 0.1) is 5.92 Å². The standard InChI is InChI=1S/C26H29N3O3S/c1-26(24(30)29(25(31)27-26)15-18-11-14-33-17-18)20-9-12-28(13-10-20)16-19-7-8-23(32-2)22-6-4-3-5-21(19)22/h3-8,11,14,17,20H,9-10,12-13,15-16H2,1-2H3,(H,27,31). The van der Waals surface area contributed by atoms with Gasteiger partial charge in [0.25, 0.3) is 5.91 Å². The Morgan fingerprint density at radius 2 is 1.82 bits per heavy atom. The summed E-state index contributed by atoms with van der Waals surface area (Å²) >= 11 is 1.57. The fraction of sp³-hybridized carbons (Fsp3) is 0.385. The molecule has 3 amide bonds. The van der Waals surface area contributed by atoms with E-state index in [1.165, 1.54) is 15.8 Å². The predicted molar refractivity (Wildman–Crippen MR) is 130 cm³/mol. The summed E-state index contributed by atoms with van der Waals surface area (Å²) in [7, 11) is 1.71. The average Bonchev–Trinajstić information content (AvgIpc) is 3.43. The molecule has 2 aliphatic rings. The lowest BCUT2D eigenvalue weighted by molar-refractivity contribution is -0.133. The molecule has 2 saturated heterocycles. The zero-order chi connectivity index (χ0) is 23.0. The maximum atomic E-state index is 13.3. The molecule has 0 bridgehead atoms. The van der Waals surface area contributed by atoms with Gasteiger partial charge in [0, 0.05) is 11.9 Å². The third kappa shape index (κ3) is 4.00. The third-order valence-corrected chi connectivity index (χ3v) is 7.95. The van der Waals surface area contributed by atoms with Crippen LogP contribution >= 0.6 is 11.3 Å². The van der Waals surface area contributed by atoms with E-state index >= 15 is 0 Å². The van der Waals surface area contributed by atoms with Gasteiger partial charge in [-0.3, -0.25) is 14.6 Å². The van der Waals surface area contributed by atoms with Crippen LogP contribution in [-0.2, 0) is 17.9 Å². The monoisotopic (exact) mass is 463 g/mol. The number of benzene rings is 2. The molecule has 6 nitrogen and oxygen atoms in total. The fourth-order valence-electron chi connectivity index (χ4n) is 5.26. The van der Waals surface area contributed by atoms with Crippen LogP contribution in [0.1, 0.15) is 30.9 Å². The second kappa shape index (κ2) is 8.80. The number of rotatable bonds is 6. The van der Waals surface area contributed by atoms with Crippen LogP contribution in [0.15, 0.2) is 53.2 Å². The molecular weight excluding hydrogens is 434 g/mol. The van der Waals surface area contributed by atoms with E-state index in [1.807, 2.05) is 35.9 Å². The predicted octanol–water partition coefficient (Wildman–Crippen LogP) is 4.63. The number of imide groups is 1. The zero-order valence-electron chi connectivity index (χ0n) is 19.0. The molecule has 2 fully saturated rings. The summed E-state index contributed by atoms with van der Waals surface area (Å²) in [5, 5.41) is 9.32. The molecule has 0 aliphatic carbocycles. The van der Waals surface area contributed by atoms with Gasteiger partial charge < -0.3 is 10.1 Å². The van der Waals surface area contributed by atoms with Gasteiger partial charge in [-0.1, -0.05) is 30.3 Å². The van der Waals surface area contributed by atoms with Crippen LogP contribution in [0.3, 0.4) is 0 Å². The lowest BCUT2D eigenvalue weighted by Crippen LogP contribution is -2.53. The summed E-state index contributed by atoms with van der Waals surface area (Å²) in [5.74, 6) is 0.923. The van der Waals surface area contributed by atoms with Crippen LogP contribution in [0.4, 0.5) is 4.79 Å². The van der Waals surface area contributed by atoms with E-state index in [-0.39, 0.29) is 17.9 Å². The van der Waals surface area contributed by atoms with Gasteiger partial charge in [-0.25, -0.2) is 4.79 Å². The van der Waals surface area contributed by atoms with Crippen LogP contribution in [0.25, 0.3) is 10.8 Å². The van der Waals surface area contributed by atoms with Crippen molar-refractivity contribution in [3.8, 4) is 5.75 Å². The van der Waals surface area contributed by atoms with Crippen molar-refractivity contribution in [1.29, 1.82) is 0 Å². The second-order valence-corrected chi connectivity index (χ2v) is 9.96. The largest absolute Gasteiger partial charge is 0.496 e. The van der Waals surface area contributed by atoms with Crippen LogP contribution in [-0.4, -0.2) is 47.5 Å². The Morgan fingerprint density at radius 1 is 1.06 bits per heavy atom. The molecule has 0 spiro atoms. The minimum Gasteiger partial charge on any atom is -0.496 e. The molecule has 1 aromatic heterocycles. The van der Waals surface area contributed by atoms with E-state index < -0.39 is 5.54 Å². The van der Waals surface area contributed by atoms with Crippen molar-refractivity contribution in [1.82, 2.24) is 15.1 Å². The number of thiophene rings is 1. The average molecular weight is 464 g/mol. The number of hydrogen-bond acceptors (Lipinski definition) is 5. The van der Waals surface area contributed by atoms with Crippen molar-refractivity contribution < 1.29 is 14.3 Å². The second-order valence-electron chi connectivity index (χ2n) is 9.18. The van der Waals surface area contributed by atoms with Crippen molar-refractivity contribution in [2.75, 3.05) is 20.2 Å². The Labute approximate surface area is 198 Å². The van der Waals surface area contributed by atoms with E-state index in [0.717, 1.165) is 49.2 Å². The molecular formula is C26H29N3O3S. The van der Waals surface area contributed by atoms with Gasteiger partial charge in [-0.2, -0.15) is 11.3 Å². The summed E-state index contributed by atoms with van der Waals surface area (Å²) in [6.07, 6.45) is 1.76. The molecule has 2 aromatic carbocycles. The summed E-state index contributed by atoms with van der Waals surface area (Å²) in [4.78, 5) is 29.7. The first kappa shape index (κ1) is 21.9. The molecule has 1 atom stereocenters. The van der Waals surface area contributed by atoms with Gasteiger partial charge in [0.1, 0.15) is 11.3 Å². The van der Waals surface area contributed by atoms with Crippen molar-refractivity contribution in [2.45, 2.75) is 38.4 Å². The molecule has 3 heterocycles. The van der Waals surface area contributed by atoms with Gasteiger partial charge in [0.2, 0.25) is 0 Å². The minimum absolute atomic E-state index is 0.0988. The third-order valence-electron chi connectivity index (χ3n) is 7.21. The Hall–Kier alpha value is -2.90. The van der Waals surface area contributed by atoms with Crippen LogP contribution in [0.5, 0.6) is 5.75 Å². The van der Waals surface area contributed by atoms with E-state index in [1.54, 1.807) is 18.4 Å². The molecule has 0 saturated carbocycles. The van der Waals surface area contributed by atoms with E-state index in [9.17, 15) is 9.59 Å². The number of urea groups is 1.